The average molecular weight is 676 g/mol. The third-order valence-electron chi connectivity index (χ3n) is 5.27. The van der Waals surface area contributed by atoms with Gasteiger partial charge in [-0.2, -0.15) is 0 Å². The summed E-state index contributed by atoms with van der Waals surface area (Å²) >= 11 is 0. The molecule has 0 spiro atoms. The molecule has 0 atom stereocenters. The van der Waals surface area contributed by atoms with E-state index in [1.165, 1.54) is 24.3 Å². The van der Waals surface area contributed by atoms with E-state index in [0.29, 0.717) is 0 Å². The Bertz CT molecular complexity index is 1500. The van der Waals surface area contributed by atoms with E-state index in [-0.39, 0.29) is 29.5 Å². The molecule has 4 nitrogen and oxygen atoms in total. The van der Waals surface area contributed by atoms with Crippen molar-refractivity contribution >= 4 is 24.3 Å². The smallest absolute Gasteiger partial charge is 0.336 e. The number of halogens is 11. The molecule has 16 heteroatoms. The van der Waals surface area contributed by atoms with E-state index in [9.17, 15) is 53.5 Å². The zero-order valence-corrected chi connectivity index (χ0v) is 21.6. The molecular formula is C26H11ClCuF10O4. The summed E-state index contributed by atoms with van der Waals surface area (Å²) in [5, 5.41) is 17.8. The second-order valence-corrected chi connectivity index (χ2v) is 7.59. The first kappa shape index (κ1) is 36.0. The van der Waals surface area contributed by atoms with E-state index >= 15 is 0 Å². The van der Waals surface area contributed by atoms with E-state index in [2.05, 4.69) is 0 Å². The molecule has 0 saturated heterocycles. The molecule has 42 heavy (non-hydrogen) atoms. The molecule has 0 aliphatic heterocycles. The zero-order chi connectivity index (χ0) is 30.0. The number of hydrogen-bond acceptors (Lipinski definition) is 2. The molecule has 4 aromatic rings. The Kier molecular flexibility index (Phi) is 12.2. The SMILES string of the molecule is Cl.O=C(O)c1ccccc1-c1c(F)c(F)c(F)c(F)c1F.O=C(O)c1ccccc1-c1c(F)c(F)c(F)c(F)c1F.[Cu]. The van der Waals surface area contributed by atoms with Gasteiger partial charge in [0.2, 0.25) is 11.6 Å². The van der Waals surface area contributed by atoms with Crippen LogP contribution in [0.3, 0.4) is 0 Å². The Morgan fingerprint density at radius 2 is 0.643 bits per heavy atom. The van der Waals surface area contributed by atoms with Crippen LogP contribution in [0.1, 0.15) is 20.7 Å². The number of carbonyl (C=O) groups is 2. The second-order valence-electron chi connectivity index (χ2n) is 7.59. The Labute approximate surface area is 245 Å². The van der Waals surface area contributed by atoms with Crippen LogP contribution in [0.15, 0.2) is 48.5 Å². The van der Waals surface area contributed by atoms with Crippen molar-refractivity contribution in [2.24, 2.45) is 0 Å². The summed E-state index contributed by atoms with van der Waals surface area (Å²) in [4.78, 5) is 21.9. The van der Waals surface area contributed by atoms with Crippen LogP contribution in [0.25, 0.3) is 22.3 Å². The van der Waals surface area contributed by atoms with Crippen LogP contribution in [0.5, 0.6) is 0 Å². The summed E-state index contributed by atoms with van der Waals surface area (Å²) in [5.74, 6) is -24.5. The zero-order valence-electron chi connectivity index (χ0n) is 19.8. The number of carboxylic acid groups (broad SMARTS) is 2. The fourth-order valence-electron chi connectivity index (χ4n) is 3.46. The first-order chi connectivity index (χ1) is 18.7. The van der Waals surface area contributed by atoms with E-state index < -0.39 is 103 Å². The molecule has 0 bridgehead atoms. The third-order valence-corrected chi connectivity index (χ3v) is 5.27. The molecule has 0 heterocycles. The summed E-state index contributed by atoms with van der Waals surface area (Å²) in [6, 6.07) is 8.88. The van der Waals surface area contributed by atoms with E-state index in [0.717, 1.165) is 24.3 Å². The van der Waals surface area contributed by atoms with Gasteiger partial charge in [0.25, 0.3) is 0 Å². The number of aromatic carboxylic acids is 2. The van der Waals surface area contributed by atoms with Crippen molar-refractivity contribution in [1.29, 1.82) is 0 Å². The van der Waals surface area contributed by atoms with Crippen LogP contribution < -0.4 is 0 Å². The molecule has 2 N–H and O–H groups in total. The van der Waals surface area contributed by atoms with Gasteiger partial charge in [0.15, 0.2) is 46.5 Å². The predicted molar refractivity (Wildman–Crippen MR) is 125 cm³/mol. The van der Waals surface area contributed by atoms with Crippen molar-refractivity contribution in [3.8, 4) is 22.3 Å². The van der Waals surface area contributed by atoms with Gasteiger partial charge in [0.05, 0.1) is 22.3 Å². The van der Waals surface area contributed by atoms with Gasteiger partial charge in [0, 0.05) is 28.2 Å². The maximum atomic E-state index is 13.6. The van der Waals surface area contributed by atoms with Crippen LogP contribution in [-0.4, -0.2) is 22.2 Å². The molecule has 0 unspecified atom stereocenters. The largest absolute Gasteiger partial charge is 0.478 e. The van der Waals surface area contributed by atoms with Gasteiger partial charge in [-0.05, 0) is 12.1 Å². The van der Waals surface area contributed by atoms with Crippen LogP contribution >= 0.6 is 12.4 Å². The average Bonchev–Trinajstić information content (AvgIpc) is 2.94. The van der Waals surface area contributed by atoms with E-state index in [1.54, 1.807) is 0 Å². The molecule has 0 saturated carbocycles. The normalized spacial score (nSPS) is 10.1. The molecule has 1 radical (unpaired) electrons. The van der Waals surface area contributed by atoms with Gasteiger partial charge >= 0.3 is 11.9 Å². The summed E-state index contributed by atoms with van der Waals surface area (Å²) in [5.41, 5.74) is -4.86. The summed E-state index contributed by atoms with van der Waals surface area (Å²) in [6.07, 6.45) is 0. The van der Waals surface area contributed by atoms with Crippen LogP contribution in [0.2, 0.25) is 0 Å². The number of rotatable bonds is 4. The van der Waals surface area contributed by atoms with Crippen molar-refractivity contribution in [2.75, 3.05) is 0 Å². The van der Waals surface area contributed by atoms with Gasteiger partial charge in [-0.3, -0.25) is 0 Å². The topological polar surface area (TPSA) is 74.6 Å². The molecule has 227 valence electrons. The van der Waals surface area contributed by atoms with Gasteiger partial charge in [0.1, 0.15) is 0 Å². The summed E-state index contributed by atoms with van der Waals surface area (Å²) in [7, 11) is 0. The number of hydrogen-bond donors (Lipinski definition) is 2. The van der Waals surface area contributed by atoms with Crippen LogP contribution in [0, 0.1) is 58.2 Å². The molecule has 0 aliphatic carbocycles. The van der Waals surface area contributed by atoms with Gasteiger partial charge in [-0.1, -0.05) is 36.4 Å². The number of benzene rings is 4. The fourth-order valence-corrected chi connectivity index (χ4v) is 3.46. The predicted octanol–water partition coefficient (Wildman–Crippen LogP) is 7.91. The number of carboxylic acids is 2. The minimum absolute atomic E-state index is 0. The van der Waals surface area contributed by atoms with Crippen molar-refractivity contribution in [1.82, 2.24) is 0 Å². The summed E-state index contributed by atoms with van der Waals surface area (Å²) in [6.45, 7) is 0. The first-order valence-corrected chi connectivity index (χ1v) is 10.4. The quantitative estimate of drug-likeness (QED) is 0.0998. The second kappa shape index (κ2) is 14.2. The van der Waals surface area contributed by atoms with Crippen molar-refractivity contribution in [3.63, 3.8) is 0 Å². The first-order valence-electron chi connectivity index (χ1n) is 10.4. The molecular weight excluding hydrogens is 665 g/mol. The van der Waals surface area contributed by atoms with Gasteiger partial charge in [-0.25, -0.2) is 53.5 Å². The van der Waals surface area contributed by atoms with Gasteiger partial charge < -0.3 is 10.2 Å². The molecule has 4 rings (SSSR count). The fraction of sp³-hybridized carbons (Fsp3) is 0. The van der Waals surface area contributed by atoms with Gasteiger partial charge in [-0.15, -0.1) is 12.4 Å². The van der Waals surface area contributed by atoms with E-state index in [1.807, 2.05) is 0 Å². The monoisotopic (exact) mass is 675 g/mol. The Morgan fingerprint density at radius 3 is 0.881 bits per heavy atom. The molecule has 0 aliphatic rings. The standard InChI is InChI=1S/2C13H5F5O2.ClH.Cu/c2*14-8-7(9(15)11(17)12(18)10(8)16)5-3-1-2-4-6(5)13(19)20;;/h2*1-4H,(H,19,20);1H;. The van der Waals surface area contributed by atoms with Crippen molar-refractivity contribution in [2.45, 2.75) is 0 Å². The summed E-state index contributed by atoms with van der Waals surface area (Å²) < 4.78 is 133. The minimum Gasteiger partial charge on any atom is -0.478 e. The molecule has 0 fully saturated rings. The van der Waals surface area contributed by atoms with E-state index in [4.69, 9.17) is 10.2 Å². The Hall–Kier alpha value is -4.07. The van der Waals surface area contributed by atoms with Crippen LogP contribution in [0.4, 0.5) is 43.9 Å². The van der Waals surface area contributed by atoms with Crippen molar-refractivity contribution in [3.05, 3.63) is 118 Å². The molecule has 0 aromatic heterocycles. The maximum absolute atomic E-state index is 13.6. The minimum atomic E-state index is -2.29. The Morgan fingerprint density at radius 1 is 0.429 bits per heavy atom. The molecule has 0 amide bonds. The third kappa shape index (κ3) is 6.53. The van der Waals surface area contributed by atoms with Crippen molar-refractivity contribution < 1.29 is 80.8 Å². The Balaban J connectivity index is 0.000000401. The van der Waals surface area contributed by atoms with Crippen LogP contribution in [-0.2, 0) is 17.1 Å². The maximum Gasteiger partial charge on any atom is 0.336 e. The molecule has 4 aromatic carbocycles.